The van der Waals surface area contributed by atoms with Crippen molar-refractivity contribution in [3.8, 4) is 11.5 Å². The zero-order chi connectivity index (χ0) is 13.8. The Bertz CT molecular complexity index is 564. The van der Waals surface area contributed by atoms with E-state index >= 15 is 0 Å². The van der Waals surface area contributed by atoms with Crippen LogP contribution < -0.4 is 4.74 Å². The van der Waals surface area contributed by atoms with Crippen LogP contribution in [0.1, 0.15) is 31.1 Å². The van der Waals surface area contributed by atoms with Gasteiger partial charge in [-0.2, -0.15) is 0 Å². The molecule has 0 saturated carbocycles. The Morgan fingerprint density at radius 2 is 1.89 bits per heavy atom. The summed E-state index contributed by atoms with van der Waals surface area (Å²) in [5.41, 5.74) is 1.92. The van der Waals surface area contributed by atoms with Crippen LogP contribution in [0.3, 0.4) is 0 Å². The highest BCUT2D eigenvalue weighted by Crippen LogP contribution is 2.33. The summed E-state index contributed by atoms with van der Waals surface area (Å²) < 4.78 is 5.85. The van der Waals surface area contributed by atoms with Gasteiger partial charge in [0.05, 0.1) is 11.1 Å². The second-order valence-corrected chi connectivity index (χ2v) is 4.84. The van der Waals surface area contributed by atoms with Crippen LogP contribution in [0.5, 0.6) is 11.5 Å². The molecule has 0 aliphatic heterocycles. The van der Waals surface area contributed by atoms with Gasteiger partial charge in [0.1, 0.15) is 11.5 Å². The second-order valence-electron chi connectivity index (χ2n) is 4.43. The van der Waals surface area contributed by atoms with Gasteiger partial charge in [-0.1, -0.05) is 42.8 Å². The van der Waals surface area contributed by atoms with Gasteiger partial charge in [-0.15, -0.1) is 0 Å². The van der Waals surface area contributed by atoms with Crippen molar-refractivity contribution in [2.75, 3.05) is 0 Å². The Morgan fingerprint density at radius 1 is 1.16 bits per heavy atom. The SMILES string of the molecule is CCc1ccccc1Oc1ccc([C@@H](C)O)cc1Cl. The fraction of sp³-hybridized carbons (Fsp3) is 0.250. The minimum Gasteiger partial charge on any atom is -0.456 e. The summed E-state index contributed by atoms with van der Waals surface area (Å²) in [5, 5.41) is 10.0. The van der Waals surface area contributed by atoms with Crippen molar-refractivity contribution in [2.45, 2.75) is 26.4 Å². The molecule has 100 valence electrons. The van der Waals surface area contributed by atoms with E-state index in [-0.39, 0.29) is 0 Å². The number of hydrogen-bond acceptors (Lipinski definition) is 2. The van der Waals surface area contributed by atoms with Crippen LogP contribution in [0, 0.1) is 0 Å². The first-order valence-electron chi connectivity index (χ1n) is 6.35. The molecule has 0 radical (unpaired) electrons. The third-order valence-corrected chi connectivity index (χ3v) is 3.31. The molecular formula is C16H17ClO2. The first kappa shape index (κ1) is 13.9. The molecule has 3 heteroatoms. The summed E-state index contributed by atoms with van der Waals surface area (Å²) in [5.74, 6) is 1.42. The molecule has 0 saturated heterocycles. The molecule has 0 spiro atoms. The maximum atomic E-state index is 9.51. The van der Waals surface area contributed by atoms with E-state index in [9.17, 15) is 5.11 Å². The van der Waals surface area contributed by atoms with E-state index in [4.69, 9.17) is 16.3 Å². The van der Waals surface area contributed by atoms with Gasteiger partial charge >= 0.3 is 0 Å². The Labute approximate surface area is 118 Å². The zero-order valence-corrected chi connectivity index (χ0v) is 11.8. The van der Waals surface area contributed by atoms with Crippen molar-refractivity contribution in [1.29, 1.82) is 0 Å². The van der Waals surface area contributed by atoms with Gasteiger partial charge in [0.25, 0.3) is 0 Å². The van der Waals surface area contributed by atoms with Gasteiger partial charge in [-0.25, -0.2) is 0 Å². The van der Waals surface area contributed by atoms with Crippen molar-refractivity contribution in [3.05, 3.63) is 58.6 Å². The van der Waals surface area contributed by atoms with Crippen LogP contribution in [0.2, 0.25) is 5.02 Å². The number of halogens is 1. The van der Waals surface area contributed by atoms with Crippen molar-refractivity contribution in [1.82, 2.24) is 0 Å². The third kappa shape index (κ3) is 3.28. The molecule has 0 bridgehead atoms. The van der Waals surface area contributed by atoms with Crippen molar-refractivity contribution in [3.63, 3.8) is 0 Å². The van der Waals surface area contributed by atoms with Crippen molar-refractivity contribution in [2.24, 2.45) is 0 Å². The Hall–Kier alpha value is -1.51. The van der Waals surface area contributed by atoms with Crippen molar-refractivity contribution < 1.29 is 9.84 Å². The quantitative estimate of drug-likeness (QED) is 0.873. The van der Waals surface area contributed by atoms with Gasteiger partial charge in [0.15, 0.2) is 0 Å². The molecule has 1 atom stereocenters. The van der Waals surface area contributed by atoms with Gasteiger partial charge in [-0.3, -0.25) is 0 Å². The van der Waals surface area contributed by atoms with E-state index in [0.29, 0.717) is 10.8 Å². The maximum absolute atomic E-state index is 9.51. The summed E-state index contributed by atoms with van der Waals surface area (Å²) in [6.07, 6.45) is 0.369. The Kier molecular flexibility index (Phi) is 4.46. The number of rotatable bonds is 4. The molecule has 19 heavy (non-hydrogen) atoms. The number of ether oxygens (including phenoxy) is 1. The summed E-state index contributed by atoms with van der Waals surface area (Å²) >= 11 is 6.18. The topological polar surface area (TPSA) is 29.5 Å². The van der Waals surface area contributed by atoms with E-state index in [0.717, 1.165) is 23.3 Å². The molecule has 2 rings (SSSR count). The molecule has 0 aliphatic carbocycles. The lowest BCUT2D eigenvalue weighted by molar-refractivity contribution is 0.199. The molecule has 0 fully saturated rings. The first-order valence-corrected chi connectivity index (χ1v) is 6.73. The molecule has 0 aliphatic rings. The highest BCUT2D eigenvalue weighted by molar-refractivity contribution is 6.32. The maximum Gasteiger partial charge on any atom is 0.146 e. The predicted octanol–water partition coefficient (Wildman–Crippen LogP) is 4.75. The number of aliphatic hydroxyl groups excluding tert-OH is 1. The van der Waals surface area contributed by atoms with E-state index in [1.54, 1.807) is 19.1 Å². The zero-order valence-electron chi connectivity index (χ0n) is 11.1. The average Bonchev–Trinajstić information content (AvgIpc) is 2.41. The van der Waals surface area contributed by atoms with Gasteiger partial charge in [-0.05, 0) is 42.7 Å². The summed E-state index contributed by atoms with van der Waals surface area (Å²) in [6, 6.07) is 13.2. The van der Waals surface area contributed by atoms with Gasteiger partial charge in [0, 0.05) is 0 Å². The molecule has 0 unspecified atom stereocenters. The fourth-order valence-corrected chi connectivity index (χ4v) is 2.10. The molecule has 0 heterocycles. The molecular weight excluding hydrogens is 260 g/mol. The fourth-order valence-electron chi connectivity index (χ4n) is 1.87. The lowest BCUT2D eigenvalue weighted by Crippen LogP contribution is -1.94. The number of aliphatic hydroxyl groups is 1. The number of aryl methyl sites for hydroxylation is 1. The summed E-state index contributed by atoms with van der Waals surface area (Å²) in [7, 11) is 0. The first-order chi connectivity index (χ1) is 9.11. The van der Waals surface area contributed by atoms with Crippen LogP contribution in [0.15, 0.2) is 42.5 Å². The minimum atomic E-state index is -0.533. The van der Waals surface area contributed by atoms with E-state index in [1.165, 1.54) is 0 Å². The lowest BCUT2D eigenvalue weighted by Gasteiger charge is -2.12. The highest BCUT2D eigenvalue weighted by atomic mass is 35.5. The van der Waals surface area contributed by atoms with Crippen LogP contribution in [-0.4, -0.2) is 5.11 Å². The van der Waals surface area contributed by atoms with Crippen LogP contribution in [0.25, 0.3) is 0 Å². The lowest BCUT2D eigenvalue weighted by atomic mass is 10.1. The average molecular weight is 277 g/mol. The number of para-hydroxylation sites is 1. The van der Waals surface area contributed by atoms with Gasteiger partial charge < -0.3 is 9.84 Å². The Morgan fingerprint density at radius 3 is 2.53 bits per heavy atom. The molecule has 0 aromatic heterocycles. The van der Waals surface area contributed by atoms with Gasteiger partial charge in [0.2, 0.25) is 0 Å². The molecule has 1 N–H and O–H groups in total. The Balaban J connectivity index is 2.28. The normalized spacial score (nSPS) is 12.2. The second kappa shape index (κ2) is 6.09. The molecule has 2 aromatic carbocycles. The van der Waals surface area contributed by atoms with E-state index in [2.05, 4.69) is 6.92 Å². The number of benzene rings is 2. The molecule has 2 aromatic rings. The highest BCUT2D eigenvalue weighted by Gasteiger charge is 2.09. The number of hydrogen-bond donors (Lipinski definition) is 1. The minimum absolute atomic E-state index is 0.504. The molecule has 2 nitrogen and oxygen atoms in total. The van der Waals surface area contributed by atoms with E-state index < -0.39 is 6.10 Å². The van der Waals surface area contributed by atoms with Crippen LogP contribution >= 0.6 is 11.6 Å². The predicted molar refractivity (Wildman–Crippen MR) is 78.0 cm³/mol. The summed E-state index contributed by atoms with van der Waals surface area (Å²) in [6.45, 7) is 3.79. The largest absolute Gasteiger partial charge is 0.456 e. The molecule has 0 amide bonds. The van der Waals surface area contributed by atoms with Crippen LogP contribution in [-0.2, 0) is 6.42 Å². The van der Waals surface area contributed by atoms with E-state index in [1.807, 2.05) is 30.3 Å². The van der Waals surface area contributed by atoms with Crippen LogP contribution in [0.4, 0.5) is 0 Å². The smallest absolute Gasteiger partial charge is 0.146 e. The standard InChI is InChI=1S/C16H17ClO2/c1-3-12-6-4-5-7-15(12)19-16-9-8-13(11(2)18)10-14(16)17/h4-11,18H,3H2,1-2H3/t11-/m1/s1. The summed E-state index contributed by atoms with van der Waals surface area (Å²) in [4.78, 5) is 0. The monoisotopic (exact) mass is 276 g/mol. The third-order valence-electron chi connectivity index (χ3n) is 3.01. The van der Waals surface area contributed by atoms with Crippen molar-refractivity contribution >= 4 is 11.6 Å².